The molecule has 0 amide bonds. The first-order valence-electron chi connectivity index (χ1n) is 8.69. The Morgan fingerprint density at radius 3 is 2.15 bits per heavy atom. The Balaban J connectivity index is 2.14. The van der Waals surface area contributed by atoms with Crippen molar-refractivity contribution in [2.45, 2.75) is 40.0 Å². The molecule has 0 aliphatic carbocycles. The fourth-order valence-electron chi connectivity index (χ4n) is 2.94. The number of rotatable bonds is 3. The van der Waals surface area contributed by atoms with Gasteiger partial charge in [-0.15, -0.1) is 10.2 Å². The number of hydrogen-bond donors (Lipinski definition) is 1. The van der Waals surface area contributed by atoms with Crippen molar-refractivity contribution in [1.82, 2.24) is 14.3 Å². The summed E-state index contributed by atoms with van der Waals surface area (Å²) >= 11 is 0. The number of nitrogen functional groups attached to an aromatic ring is 1. The molecular weight excluding hydrogens is 324 g/mol. The average Bonchev–Trinajstić information content (AvgIpc) is 3.04. The van der Waals surface area contributed by atoms with Crippen LogP contribution in [-0.4, -0.2) is 14.3 Å². The van der Waals surface area contributed by atoms with Crippen LogP contribution in [0, 0.1) is 13.8 Å². The largest absolute Gasteiger partial charge is 0.382 e. The van der Waals surface area contributed by atoms with Gasteiger partial charge in [0.05, 0.1) is 11.4 Å². The first-order valence-corrected chi connectivity index (χ1v) is 8.69. The molecule has 3 aromatic rings. The third kappa shape index (κ3) is 3.14. The number of azo groups is 1. The molecule has 0 aliphatic heterocycles. The fourth-order valence-corrected chi connectivity index (χ4v) is 2.94. The normalized spacial score (nSPS) is 12.2. The molecule has 0 bridgehead atoms. The smallest absolute Gasteiger partial charge is 0.155 e. The fraction of sp³-hybridized carbons (Fsp3) is 0.350. The maximum atomic E-state index is 6.42. The Hall–Kier alpha value is -2.89. The zero-order chi connectivity index (χ0) is 19.1. The Bertz CT molecular complexity index is 955. The number of aromatic nitrogens is 3. The van der Waals surface area contributed by atoms with Gasteiger partial charge in [-0.25, -0.2) is 4.68 Å². The molecule has 1 aromatic carbocycles. The lowest BCUT2D eigenvalue weighted by molar-refractivity contribution is 0.561. The van der Waals surface area contributed by atoms with Crippen LogP contribution in [0.25, 0.3) is 5.69 Å². The summed E-state index contributed by atoms with van der Waals surface area (Å²) in [6.45, 7) is 10.4. The topological polar surface area (TPSA) is 73.5 Å². The van der Waals surface area contributed by atoms with Gasteiger partial charge >= 0.3 is 0 Å². The van der Waals surface area contributed by atoms with E-state index < -0.39 is 0 Å². The van der Waals surface area contributed by atoms with E-state index in [1.807, 2.05) is 62.0 Å². The van der Waals surface area contributed by atoms with E-state index in [9.17, 15) is 0 Å². The first kappa shape index (κ1) is 17.9. The summed E-state index contributed by atoms with van der Waals surface area (Å²) in [5, 5.41) is 13.8. The molecular formula is C20H26N6. The molecule has 0 aliphatic rings. The van der Waals surface area contributed by atoms with Crippen LogP contribution in [0.3, 0.4) is 0 Å². The molecule has 2 N–H and O–H groups in total. The van der Waals surface area contributed by atoms with Crippen LogP contribution in [0.5, 0.6) is 0 Å². The van der Waals surface area contributed by atoms with Gasteiger partial charge in [0.25, 0.3) is 0 Å². The van der Waals surface area contributed by atoms with Crippen LogP contribution in [0.1, 0.15) is 37.7 Å². The third-order valence-electron chi connectivity index (χ3n) is 4.49. The summed E-state index contributed by atoms with van der Waals surface area (Å²) in [6, 6.07) is 9.84. The molecule has 2 heterocycles. The molecule has 6 heteroatoms. The average molecular weight is 350 g/mol. The molecule has 3 rings (SSSR count). The van der Waals surface area contributed by atoms with Gasteiger partial charge in [-0.3, -0.25) is 0 Å². The monoisotopic (exact) mass is 350 g/mol. The standard InChI is InChI=1S/C20H26N6/c1-13-12-25(6)14(2)16(13)22-23-17-18(20(3,4)5)24-26(19(17)21)15-10-8-7-9-11-15/h7-12H,21H2,1-6H3/b23-22+. The predicted octanol–water partition coefficient (Wildman–Crippen LogP) is 5.12. The van der Waals surface area contributed by atoms with E-state index in [2.05, 4.69) is 31.0 Å². The molecule has 2 aromatic heterocycles. The highest BCUT2D eigenvalue weighted by Crippen LogP contribution is 2.38. The molecule has 0 saturated carbocycles. The van der Waals surface area contributed by atoms with Crippen LogP contribution in [-0.2, 0) is 12.5 Å². The zero-order valence-corrected chi connectivity index (χ0v) is 16.3. The molecule has 26 heavy (non-hydrogen) atoms. The Morgan fingerprint density at radius 2 is 1.62 bits per heavy atom. The van der Waals surface area contributed by atoms with E-state index in [1.54, 1.807) is 4.68 Å². The van der Waals surface area contributed by atoms with E-state index >= 15 is 0 Å². The maximum Gasteiger partial charge on any atom is 0.155 e. The summed E-state index contributed by atoms with van der Waals surface area (Å²) in [6.07, 6.45) is 2.05. The van der Waals surface area contributed by atoms with Gasteiger partial charge in [0.1, 0.15) is 5.69 Å². The number of nitrogens with two attached hydrogens (primary N) is 1. The van der Waals surface area contributed by atoms with Crippen LogP contribution >= 0.6 is 0 Å². The van der Waals surface area contributed by atoms with E-state index in [1.165, 1.54) is 0 Å². The number of aryl methyl sites for hydroxylation is 2. The van der Waals surface area contributed by atoms with Gasteiger partial charge in [-0.05, 0) is 31.5 Å². The number of nitrogens with zero attached hydrogens (tertiary/aromatic N) is 5. The second kappa shape index (κ2) is 6.44. The lowest BCUT2D eigenvalue weighted by Crippen LogP contribution is -2.13. The van der Waals surface area contributed by atoms with Gasteiger partial charge < -0.3 is 10.3 Å². The molecule has 0 saturated heterocycles. The molecule has 0 unspecified atom stereocenters. The molecule has 0 radical (unpaired) electrons. The second-order valence-corrected chi connectivity index (χ2v) is 7.64. The van der Waals surface area contributed by atoms with Crippen molar-refractivity contribution in [3.63, 3.8) is 0 Å². The summed E-state index contributed by atoms with van der Waals surface area (Å²) < 4.78 is 3.78. The first-order chi connectivity index (χ1) is 12.2. The minimum Gasteiger partial charge on any atom is -0.382 e. The minimum absolute atomic E-state index is 0.205. The second-order valence-electron chi connectivity index (χ2n) is 7.64. The zero-order valence-electron chi connectivity index (χ0n) is 16.3. The Labute approximate surface area is 154 Å². The van der Waals surface area contributed by atoms with Crippen LogP contribution in [0.2, 0.25) is 0 Å². The van der Waals surface area contributed by atoms with Gasteiger partial charge in [-0.2, -0.15) is 5.10 Å². The van der Waals surface area contributed by atoms with Crippen molar-refractivity contribution in [3.8, 4) is 5.69 Å². The van der Waals surface area contributed by atoms with Crippen LogP contribution in [0.4, 0.5) is 17.2 Å². The van der Waals surface area contributed by atoms with E-state index in [4.69, 9.17) is 10.8 Å². The lowest BCUT2D eigenvalue weighted by atomic mass is 9.91. The summed E-state index contributed by atoms with van der Waals surface area (Å²) in [4.78, 5) is 0. The number of hydrogen-bond acceptors (Lipinski definition) is 4. The summed E-state index contributed by atoms with van der Waals surface area (Å²) in [7, 11) is 2.00. The Morgan fingerprint density at radius 1 is 1.00 bits per heavy atom. The highest BCUT2D eigenvalue weighted by molar-refractivity contribution is 5.66. The van der Waals surface area contributed by atoms with Gasteiger partial charge in [0.2, 0.25) is 0 Å². The Kier molecular flexibility index (Phi) is 4.44. The SMILES string of the molecule is Cc1cn(C)c(C)c1/N=N/c1c(C(C)(C)C)nn(-c2ccccc2)c1N. The lowest BCUT2D eigenvalue weighted by Gasteiger charge is -2.15. The molecule has 136 valence electrons. The van der Waals surface area contributed by atoms with Crippen molar-refractivity contribution in [2.75, 3.05) is 5.73 Å². The van der Waals surface area contributed by atoms with Crippen molar-refractivity contribution in [1.29, 1.82) is 0 Å². The van der Waals surface area contributed by atoms with Crippen molar-refractivity contribution >= 4 is 17.2 Å². The van der Waals surface area contributed by atoms with E-state index in [0.29, 0.717) is 11.5 Å². The minimum atomic E-state index is -0.205. The van der Waals surface area contributed by atoms with Gasteiger partial charge in [0.15, 0.2) is 11.5 Å². The number of benzene rings is 1. The summed E-state index contributed by atoms with van der Waals surface area (Å²) in [5.74, 6) is 0.496. The van der Waals surface area contributed by atoms with Gasteiger partial charge in [0, 0.05) is 24.4 Å². The number of anilines is 1. The van der Waals surface area contributed by atoms with Crippen LogP contribution < -0.4 is 5.73 Å². The van der Waals surface area contributed by atoms with E-state index in [0.717, 1.165) is 28.3 Å². The van der Waals surface area contributed by atoms with Crippen LogP contribution in [0.15, 0.2) is 46.8 Å². The van der Waals surface area contributed by atoms with Gasteiger partial charge in [-0.1, -0.05) is 39.0 Å². The highest BCUT2D eigenvalue weighted by atomic mass is 15.3. The number of para-hydroxylation sites is 1. The molecule has 0 spiro atoms. The molecule has 6 nitrogen and oxygen atoms in total. The molecule has 0 atom stereocenters. The highest BCUT2D eigenvalue weighted by Gasteiger charge is 2.26. The molecule has 0 fully saturated rings. The van der Waals surface area contributed by atoms with E-state index in [-0.39, 0.29) is 5.41 Å². The van der Waals surface area contributed by atoms with Crippen molar-refractivity contribution < 1.29 is 0 Å². The maximum absolute atomic E-state index is 6.42. The van der Waals surface area contributed by atoms with Crippen molar-refractivity contribution in [2.24, 2.45) is 17.3 Å². The third-order valence-corrected chi connectivity index (χ3v) is 4.49. The quantitative estimate of drug-likeness (QED) is 0.666. The predicted molar refractivity (Wildman–Crippen MR) is 106 cm³/mol. The summed E-state index contributed by atoms with van der Waals surface area (Å²) in [5.41, 5.74) is 11.6. The van der Waals surface area contributed by atoms with Crippen molar-refractivity contribution in [3.05, 3.63) is 53.5 Å².